The Morgan fingerprint density at radius 3 is 2.08 bits per heavy atom. The smallest absolute Gasteiger partial charge is 0.246 e. The van der Waals surface area contributed by atoms with Crippen LogP contribution < -0.4 is 11.1 Å². The molecule has 1 aliphatic heterocycles. The van der Waals surface area contributed by atoms with Gasteiger partial charge in [0.1, 0.15) is 17.9 Å². The van der Waals surface area contributed by atoms with Crippen LogP contribution in [0.2, 0.25) is 0 Å². The summed E-state index contributed by atoms with van der Waals surface area (Å²) in [5, 5.41) is 3.08. The highest BCUT2D eigenvalue weighted by Gasteiger charge is 2.35. The molecular weight excluding hydrogens is 641 g/mol. The summed E-state index contributed by atoms with van der Waals surface area (Å²) in [5.74, 6) is -1.34. The number of amides is 3. The molecule has 1 fully saturated rings. The third kappa shape index (κ3) is 11.1. The number of likely N-dealkylation sites (N-methyl/N-ethyl adjacent to an activating group) is 2. The fraction of sp³-hybridized carbons (Fsp3) is 0.452. The first kappa shape index (κ1) is 39.4. The molecule has 1 unspecified atom stereocenters. The van der Waals surface area contributed by atoms with Gasteiger partial charge in [-0.25, -0.2) is 4.39 Å². The SMILES string of the molecule is CCC(N)(CC)C/C=C/C(=O)N(C)[C@H](Cc1ccc(-c2ccccc2)cc1)C(=O)N(C)[C@H](Cc1ccc(F)cc1)C(=O)NCCC1CCCN1C. The molecule has 0 saturated carbocycles. The third-order valence-corrected chi connectivity index (χ3v) is 10.7. The van der Waals surface area contributed by atoms with Gasteiger partial charge in [-0.3, -0.25) is 14.4 Å². The number of likely N-dealkylation sites (tertiary alicyclic amines) is 1. The Bertz CT molecular complexity index is 1590. The van der Waals surface area contributed by atoms with Crippen LogP contribution in [0.25, 0.3) is 11.1 Å². The molecule has 1 saturated heterocycles. The number of hydrogen-bond donors (Lipinski definition) is 2. The lowest BCUT2D eigenvalue weighted by molar-refractivity contribution is -0.146. The molecular formula is C42H56FN5O3. The lowest BCUT2D eigenvalue weighted by atomic mass is 9.90. The van der Waals surface area contributed by atoms with Gasteiger partial charge in [0.15, 0.2) is 0 Å². The number of nitrogens with one attached hydrogen (secondary N) is 1. The molecule has 3 aromatic carbocycles. The number of hydrogen-bond acceptors (Lipinski definition) is 5. The van der Waals surface area contributed by atoms with Gasteiger partial charge in [-0.2, -0.15) is 0 Å². The van der Waals surface area contributed by atoms with Crippen LogP contribution in [0.5, 0.6) is 0 Å². The predicted molar refractivity (Wildman–Crippen MR) is 203 cm³/mol. The van der Waals surface area contributed by atoms with Crippen LogP contribution in [0, 0.1) is 5.82 Å². The van der Waals surface area contributed by atoms with Gasteiger partial charge in [0, 0.05) is 45.1 Å². The zero-order chi connectivity index (χ0) is 37.0. The summed E-state index contributed by atoms with van der Waals surface area (Å²) in [4.78, 5) is 47.3. The molecule has 3 amide bonds. The Kier molecular flexibility index (Phi) is 14.5. The molecule has 0 radical (unpaired) electrons. The van der Waals surface area contributed by atoms with Crippen molar-refractivity contribution in [2.24, 2.45) is 5.73 Å². The minimum absolute atomic E-state index is 0.195. The maximum atomic E-state index is 14.6. The second-order valence-corrected chi connectivity index (χ2v) is 14.1. The van der Waals surface area contributed by atoms with E-state index in [1.807, 2.05) is 68.4 Å². The van der Waals surface area contributed by atoms with E-state index in [2.05, 4.69) is 17.3 Å². The first-order valence-electron chi connectivity index (χ1n) is 18.3. The first-order valence-corrected chi connectivity index (χ1v) is 18.3. The van der Waals surface area contributed by atoms with Gasteiger partial charge in [0.2, 0.25) is 17.7 Å². The van der Waals surface area contributed by atoms with Crippen LogP contribution >= 0.6 is 0 Å². The van der Waals surface area contributed by atoms with Crippen LogP contribution in [0.1, 0.15) is 63.5 Å². The molecule has 1 heterocycles. The molecule has 274 valence electrons. The highest BCUT2D eigenvalue weighted by Crippen LogP contribution is 2.23. The van der Waals surface area contributed by atoms with E-state index in [0.717, 1.165) is 60.9 Å². The van der Waals surface area contributed by atoms with Gasteiger partial charge < -0.3 is 25.8 Å². The van der Waals surface area contributed by atoms with Gasteiger partial charge in [0.05, 0.1) is 0 Å². The summed E-state index contributed by atoms with van der Waals surface area (Å²) in [6, 6.07) is 22.6. The summed E-state index contributed by atoms with van der Waals surface area (Å²) < 4.78 is 13.8. The fourth-order valence-electron chi connectivity index (χ4n) is 6.74. The van der Waals surface area contributed by atoms with Crippen molar-refractivity contribution < 1.29 is 18.8 Å². The average Bonchev–Trinajstić information content (AvgIpc) is 3.57. The van der Waals surface area contributed by atoms with E-state index in [4.69, 9.17) is 5.73 Å². The Morgan fingerprint density at radius 1 is 0.902 bits per heavy atom. The Hall–Kier alpha value is -4.34. The van der Waals surface area contributed by atoms with Crippen molar-refractivity contribution >= 4 is 17.7 Å². The van der Waals surface area contributed by atoms with Crippen LogP contribution in [-0.4, -0.2) is 90.3 Å². The molecule has 3 N–H and O–H groups in total. The van der Waals surface area contributed by atoms with E-state index in [9.17, 15) is 18.8 Å². The summed E-state index contributed by atoms with van der Waals surface area (Å²) in [7, 11) is 5.35. The first-order chi connectivity index (χ1) is 24.4. The van der Waals surface area contributed by atoms with E-state index in [-0.39, 0.29) is 36.4 Å². The minimum Gasteiger partial charge on any atom is -0.354 e. The number of nitrogens with two attached hydrogens (primary N) is 1. The number of rotatable bonds is 17. The largest absolute Gasteiger partial charge is 0.354 e. The number of nitrogens with zero attached hydrogens (tertiary/aromatic N) is 3. The van der Waals surface area contributed by atoms with Crippen LogP contribution in [0.4, 0.5) is 4.39 Å². The van der Waals surface area contributed by atoms with E-state index >= 15 is 0 Å². The minimum atomic E-state index is -0.898. The molecule has 8 nitrogen and oxygen atoms in total. The van der Waals surface area contributed by atoms with Gasteiger partial charge in [-0.05, 0) is 92.6 Å². The van der Waals surface area contributed by atoms with Crippen LogP contribution in [0.3, 0.4) is 0 Å². The van der Waals surface area contributed by atoms with Gasteiger partial charge in [-0.15, -0.1) is 0 Å². The number of carbonyl (C=O) groups is 3. The fourth-order valence-corrected chi connectivity index (χ4v) is 6.74. The van der Waals surface area contributed by atoms with E-state index in [0.29, 0.717) is 19.0 Å². The lowest BCUT2D eigenvalue weighted by Gasteiger charge is -2.34. The van der Waals surface area contributed by atoms with Gasteiger partial charge in [-0.1, -0.05) is 86.7 Å². The zero-order valence-electron chi connectivity index (χ0n) is 31.0. The molecule has 1 aliphatic rings. The molecule has 0 aromatic heterocycles. The van der Waals surface area contributed by atoms with Gasteiger partial charge in [0.25, 0.3) is 0 Å². The van der Waals surface area contributed by atoms with Crippen molar-refractivity contribution in [3.8, 4) is 11.1 Å². The predicted octanol–water partition coefficient (Wildman–Crippen LogP) is 6.00. The standard InChI is InChI=1S/C42H56FN5O3/c1-6-42(44,7-2)26-11-16-39(49)47(4)38(30-31-17-21-34(22-18-31)33-13-9-8-10-14-33)41(51)48(5)37(29-32-19-23-35(43)24-20-32)40(50)45-27-25-36-15-12-28-46(36)3/h8-11,13-14,16-24,36-38H,6-7,12,15,25-30,44H2,1-5H3,(H,45,50)/b16-11+/t36?,37-,38-/m1/s1. The normalized spacial score (nSPS) is 16.2. The van der Waals surface area contributed by atoms with E-state index < -0.39 is 17.6 Å². The molecule has 51 heavy (non-hydrogen) atoms. The van der Waals surface area contributed by atoms with Crippen molar-refractivity contribution in [1.29, 1.82) is 0 Å². The number of carbonyl (C=O) groups excluding carboxylic acids is 3. The average molecular weight is 698 g/mol. The zero-order valence-corrected chi connectivity index (χ0v) is 31.0. The van der Waals surface area contributed by atoms with E-state index in [1.165, 1.54) is 28.0 Å². The highest BCUT2D eigenvalue weighted by molar-refractivity contribution is 5.95. The summed E-state index contributed by atoms with van der Waals surface area (Å²) in [6.45, 7) is 5.59. The summed E-state index contributed by atoms with van der Waals surface area (Å²) in [5.41, 5.74) is 9.80. The topological polar surface area (TPSA) is 99.0 Å². The van der Waals surface area contributed by atoms with Crippen LogP contribution in [0.15, 0.2) is 91.0 Å². The Morgan fingerprint density at radius 2 is 1.49 bits per heavy atom. The second-order valence-electron chi connectivity index (χ2n) is 14.1. The Labute approximate surface area is 303 Å². The second kappa shape index (κ2) is 18.8. The molecule has 0 spiro atoms. The number of halogens is 1. The Balaban J connectivity index is 1.60. The lowest BCUT2D eigenvalue weighted by Crippen LogP contribution is -2.56. The van der Waals surface area contributed by atoms with Gasteiger partial charge >= 0.3 is 0 Å². The molecule has 4 rings (SSSR count). The molecule has 9 heteroatoms. The van der Waals surface area contributed by atoms with Crippen molar-refractivity contribution in [3.05, 3.63) is 108 Å². The number of benzene rings is 3. The van der Waals surface area contributed by atoms with Crippen molar-refractivity contribution in [1.82, 2.24) is 20.0 Å². The van der Waals surface area contributed by atoms with Crippen molar-refractivity contribution in [2.45, 2.75) is 88.9 Å². The quantitative estimate of drug-likeness (QED) is 0.169. The van der Waals surface area contributed by atoms with E-state index in [1.54, 1.807) is 32.3 Å². The maximum absolute atomic E-state index is 14.6. The molecule has 3 aromatic rings. The molecule has 3 atom stereocenters. The monoisotopic (exact) mass is 697 g/mol. The van der Waals surface area contributed by atoms with Crippen molar-refractivity contribution in [2.75, 3.05) is 34.2 Å². The van der Waals surface area contributed by atoms with Crippen molar-refractivity contribution in [3.63, 3.8) is 0 Å². The molecule has 0 aliphatic carbocycles. The summed E-state index contributed by atoms with van der Waals surface area (Å²) in [6.07, 6.45) is 8.86. The van der Waals surface area contributed by atoms with Crippen LogP contribution in [-0.2, 0) is 27.2 Å². The summed E-state index contributed by atoms with van der Waals surface area (Å²) >= 11 is 0. The molecule has 0 bridgehead atoms. The maximum Gasteiger partial charge on any atom is 0.246 e. The highest BCUT2D eigenvalue weighted by atomic mass is 19.1. The third-order valence-electron chi connectivity index (χ3n) is 10.7.